The van der Waals surface area contributed by atoms with Crippen LogP contribution in [0.1, 0.15) is 53.9 Å². The minimum atomic E-state index is -0.0238. The van der Waals surface area contributed by atoms with Gasteiger partial charge in [0.05, 0.1) is 6.61 Å². The highest BCUT2D eigenvalue weighted by Gasteiger charge is 2.16. The number of rotatable bonds is 4. The van der Waals surface area contributed by atoms with E-state index in [9.17, 15) is 4.79 Å². The lowest BCUT2D eigenvalue weighted by atomic mass is 9.84. The molecule has 1 aliphatic rings. The maximum absolute atomic E-state index is 12.0. The molecule has 0 bridgehead atoms. The van der Waals surface area contributed by atoms with Crippen LogP contribution in [-0.2, 0) is 0 Å². The number of carbonyl (C=O) groups is 1. The topological polar surface area (TPSA) is 40.5 Å². The lowest BCUT2D eigenvalue weighted by Gasteiger charge is -2.22. The van der Waals surface area contributed by atoms with Crippen LogP contribution in [0, 0.1) is 0 Å². The van der Waals surface area contributed by atoms with Crippen molar-refractivity contribution in [3.8, 4) is 0 Å². The van der Waals surface area contributed by atoms with Gasteiger partial charge in [0.15, 0.2) is 0 Å². The third-order valence-electron chi connectivity index (χ3n) is 4.02. The van der Waals surface area contributed by atoms with Gasteiger partial charge in [0.1, 0.15) is 0 Å². The minimum absolute atomic E-state index is 0.00238. The number of aliphatic hydroxyl groups excluding tert-OH is 1. The molecule has 1 aromatic rings. The lowest BCUT2D eigenvalue weighted by Crippen LogP contribution is -2.29. The van der Waals surface area contributed by atoms with Gasteiger partial charge in [-0.05, 0) is 36.5 Å². The van der Waals surface area contributed by atoms with E-state index in [1.54, 1.807) is 11.9 Å². The third kappa shape index (κ3) is 3.57. The molecule has 0 radical (unpaired) electrons. The van der Waals surface area contributed by atoms with Crippen LogP contribution in [0.5, 0.6) is 0 Å². The zero-order chi connectivity index (χ0) is 13.7. The summed E-state index contributed by atoms with van der Waals surface area (Å²) in [6, 6.07) is 8.02. The largest absolute Gasteiger partial charge is 0.395 e. The van der Waals surface area contributed by atoms with Crippen LogP contribution >= 0.6 is 0 Å². The van der Waals surface area contributed by atoms with Crippen molar-refractivity contribution in [3.05, 3.63) is 35.4 Å². The van der Waals surface area contributed by atoms with E-state index in [4.69, 9.17) is 5.11 Å². The van der Waals surface area contributed by atoms with Gasteiger partial charge in [-0.25, -0.2) is 0 Å². The van der Waals surface area contributed by atoms with Crippen LogP contribution in [-0.4, -0.2) is 36.1 Å². The van der Waals surface area contributed by atoms with Gasteiger partial charge in [-0.15, -0.1) is 0 Å². The first kappa shape index (κ1) is 14.1. The number of benzene rings is 1. The summed E-state index contributed by atoms with van der Waals surface area (Å²) in [4.78, 5) is 13.6. The maximum Gasteiger partial charge on any atom is 0.253 e. The van der Waals surface area contributed by atoms with Crippen LogP contribution in [0.3, 0.4) is 0 Å². The zero-order valence-electron chi connectivity index (χ0n) is 11.6. The van der Waals surface area contributed by atoms with Crippen molar-refractivity contribution in [3.63, 3.8) is 0 Å². The second-order valence-electron chi connectivity index (χ2n) is 5.41. The number of nitrogens with zero attached hydrogens (tertiary/aromatic N) is 1. The molecule has 1 saturated carbocycles. The van der Waals surface area contributed by atoms with Gasteiger partial charge in [0.25, 0.3) is 5.91 Å². The Morgan fingerprint density at radius 1 is 1.21 bits per heavy atom. The van der Waals surface area contributed by atoms with Gasteiger partial charge in [-0.2, -0.15) is 0 Å². The van der Waals surface area contributed by atoms with E-state index in [2.05, 4.69) is 12.1 Å². The number of carbonyl (C=O) groups excluding carboxylic acids is 1. The molecule has 19 heavy (non-hydrogen) atoms. The first-order valence-electron chi connectivity index (χ1n) is 7.18. The second-order valence-corrected chi connectivity index (χ2v) is 5.41. The molecule has 0 unspecified atom stereocenters. The van der Waals surface area contributed by atoms with Gasteiger partial charge >= 0.3 is 0 Å². The number of hydrogen-bond acceptors (Lipinski definition) is 2. The number of amides is 1. The summed E-state index contributed by atoms with van der Waals surface area (Å²) in [5.74, 6) is 0.650. The molecule has 3 heteroatoms. The smallest absolute Gasteiger partial charge is 0.253 e. The molecule has 0 saturated heterocycles. The predicted molar refractivity (Wildman–Crippen MR) is 76.3 cm³/mol. The van der Waals surface area contributed by atoms with E-state index in [1.807, 2.05) is 12.1 Å². The van der Waals surface area contributed by atoms with E-state index in [0.29, 0.717) is 18.0 Å². The van der Waals surface area contributed by atoms with Crippen molar-refractivity contribution in [2.24, 2.45) is 0 Å². The molecule has 0 aromatic heterocycles. The average molecular weight is 261 g/mol. The normalized spacial score (nSPS) is 16.3. The standard InChI is InChI=1S/C16H23NO2/c1-17(11-12-18)16(19)15-9-7-14(8-10-15)13-5-3-2-4-6-13/h7-10,13,18H,2-6,11-12H2,1H3. The zero-order valence-corrected chi connectivity index (χ0v) is 11.6. The fraction of sp³-hybridized carbons (Fsp3) is 0.562. The molecule has 1 N–H and O–H groups in total. The molecule has 0 spiro atoms. The molecular formula is C16H23NO2. The van der Waals surface area contributed by atoms with Crippen LogP contribution in [0.4, 0.5) is 0 Å². The van der Waals surface area contributed by atoms with Crippen molar-refractivity contribution in [2.45, 2.75) is 38.0 Å². The van der Waals surface area contributed by atoms with Crippen LogP contribution in [0.15, 0.2) is 24.3 Å². The van der Waals surface area contributed by atoms with Gasteiger partial charge in [-0.1, -0.05) is 31.4 Å². The molecule has 1 amide bonds. The molecule has 1 aliphatic carbocycles. The fourth-order valence-electron chi connectivity index (χ4n) is 2.81. The number of aliphatic hydroxyl groups is 1. The van der Waals surface area contributed by atoms with Crippen molar-refractivity contribution < 1.29 is 9.90 Å². The Bertz CT molecular complexity index is 407. The van der Waals surface area contributed by atoms with Crippen molar-refractivity contribution in [1.29, 1.82) is 0 Å². The monoisotopic (exact) mass is 261 g/mol. The molecule has 1 aromatic carbocycles. The third-order valence-corrected chi connectivity index (χ3v) is 4.02. The van der Waals surface area contributed by atoms with Crippen molar-refractivity contribution >= 4 is 5.91 Å². The number of likely N-dealkylation sites (N-methyl/N-ethyl adjacent to an activating group) is 1. The Labute approximate surface area is 115 Å². The van der Waals surface area contributed by atoms with E-state index in [1.165, 1.54) is 37.7 Å². The van der Waals surface area contributed by atoms with Crippen LogP contribution in [0.2, 0.25) is 0 Å². The summed E-state index contributed by atoms with van der Waals surface area (Å²) < 4.78 is 0. The second kappa shape index (κ2) is 6.71. The maximum atomic E-state index is 12.0. The quantitative estimate of drug-likeness (QED) is 0.905. The predicted octanol–water partition coefficient (Wildman–Crippen LogP) is 2.80. The Morgan fingerprint density at radius 3 is 2.42 bits per heavy atom. The molecule has 0 heterocycles. The summed E-state index contributed by atoms with van der Waals surface area (Å²) >= 11 is 0. The van der Waals surface area contributed by atoms with Gasteiger partial charge in [0, 0.05) is 19.2 Å². The molecule has 0 aliphatic heterocycles. The van der Waals surface area contributed by atoms with Gasteiger partial charge in [-0.3, -0.25) is 4.79 Å². The highest BCUT2D eigenvalue weighted by Crippen LogP contribution is 2.32. The molecule has 104 valence electrons. The minimum Gasteiger partial charge on any atom is -0.395 e. The van der Waals surface area contributed by atoms with E-state index < -0.39 is 0 Å². The Hall–Kier alpha value is -1.35. The summed E-state index contributed by atoms with van der Waals surface area (Å²) in [6.45, 7) is 0.381. The van der Waals surface area contributed by atoms with E-state index >= 15 is 0 Å². The summed E-state index contributed by atoms with van der Waals surface area (Å²) in [5, 5.41) is 8.85. The first-order valence-corrected chi connectivity index (χ1v) is 7.18. The van der Waals surface area contributed by atoms with Crippen LogP contribution < -0.4 is 0 Å². The van der Waals surface area contributed by atoms with Gasteiger partial charge in [0.2, 0.25) is 0 Å². The molecule has 1 fully saturated rings. The fourth-order valence-corrected chi connectivity index (χ4v) is 2.81. The molecule has 0 atom stereocenters. The Kier molecular flexibility index (Phi) is 4.97. The van der Waals surface area contributed by atoms with Crippen LogP contribution in [0.25, 0.3) is 0 Å². The molecule has 2 rings (SSSR count). The lowest BCUT2D eigenvalue weighted by molar-refractivity contribution is 0.0767. The number of hydrogen-bond donors (Lipinski definition) is 1. The highest BCUT2D eigenvalue weighted by molar-refractivity contribution is 5.94. The Balaban J connectivity index is 2.03. The summed E-state index contributed by atoms with van der Waals surface area (Å²) in [7, 11) is 1.72. The summed E-state index contributed by atoms with van der Waals surface area (Å²) in [6.07, 6.45) is 6.56. The van der Waals surface area contributed by atoms with Crippen molar-refractivity contribution in [2.75, 3.05) is 20.2 Å². The average Bonchev–Trinajstić information content (AvgIpc) is 2.48. The summed E-state index contributed by atoms with van der Waals surface area (Å²) in [5.41, 5.74) is 2.07. The van der Waals surface area contributed by atoms with E-state index in [0.717, 1.165) is 0 Å². The Morgan fingerprint density at radius 2 is 1.84 bits per heavy atom. The van der Waals surface area contributed by atoms with Crippen molar-refractivity contribution in [1.82, 2.24) is 4.90 Å². The first-order chi connectivity index (χ1) is 9.22. The highest BCUT2D eigenvalue weighted by atomic mass is 16.3. The SMILES string of the molecule is CN(CCO)C(=O)c1ccc(C2CCCCC2)cc1. The van der Waals surface area contributed by atoms with E-state index in [-0.39, 0.29) is 12.5 Å². The van der Waals surface area contributed by atoms with Gasteiger partial charge < -0.3 is 10.0 Å². The molecular weight excluding hydrogens is 238 g/mol. The molecule has 3 nitrogen and oxygen atoms in total.